The van der Waals surface area contributed by atoms with Crippen molar-refractivity contribution in [1.82, 2.24) is 9.13 Å². The Morgan fingerprint density at radius 3 is 1.03 bits per heavy atom. The summed E-state index contributed by atoms with van der Waals surface area (Å²) >= 11 is 0. The van der Waals surface area contributed by atoms with Gasteiger partial charge in [0.15, 0.2) is 0 Å². The van der Waals surface area contributed by atoms with Crippen LogP contribution in [0.15, 0.2) is 267 Å². The van der Waals surface area contributed by atoms with Crippen LogP contribution < -0.4 is 0 Å². The van der Waals surface area contributed by atoms with Gasteiger partial charge in [0.1, 0.15) is 0 Å². The Hall–Kier alpha value is -9.24. The summed E-state index contributed by atoms with van der Waals surface area (Å²) in [4.78, 5) is 0. The molecule has 0 saturated heterocycles. The molecule has 0 aliphatic carbocycles. The number of hydrogen-bond acceptors (Lipinski definition) is 0. The molecular weight excluding hydrogens is 845 g/mol. The summed E-state index contributed by atoms with van der Waals surface area (Å²) in [6, 6.07) is 98.3. The molecule has 2 aromatic heterocycles. The summed E-state index contributed by atoms with van der Waals surface area (Å²) in [5.74, 6) is 0. The minimum atomic E-state index is 1.11. The molecule has 14 rings (SSSR count). The molecule has 2 nitrogen and oxygen atoms in total. The maximum absolute atomic E-state index is 2.47. The average molecular weight is 889 g/mol. The van der Waals surface area contributed by atoms with Gasteiger partial charge in [-0.2, -0.15) is 0 Å². The van der Waals surface area contributed by atoms with Gasteiger partial charge in [0, 0.05) is 11.4 Å². The third-order valence-corrected chi connectivity index (χ3v) is 14.5. The topological polar surface area (TPSA) is 9.86 Å². The van der Waals surface area contributed by atoms with Crippen LogP contribution in [0, 0.1) is 0 Å². The first kappa shape index (κ1) is 39.9. The van der Waals surface area contributed by atoms with Crippen LogP contribution in [0.2, 0.25) is 0 Å². The SMILES string of the molecule is c1ccc(-c2c3cc(-n4c(-c5ccccc5)ccc4-c4ccccc4)ccc3c(-c3ccc4ccc5cccc6ccc3c4c56)c3cc(-n4c(-c5ccccc5)ccc4-c4ccccc4)ccc23)cc1. The van der Waals surface area contributed by atoms with Gasteiger partial charge in [0.25, 0.3) is 0 Å². The molecule has 2 heterocycles. The lowest BCUT2D eigenvalue weighted by Crippen LogP contribution is -2.02. The second-order valence-corrected chi connectivity index (χ2v) is 18.4. The van der Waals surface area contributed by atoms with Crippen molar-refractivity contribution in [2.24, 2.45) is 0 Å². The van der Waals surface area contributed by atoms with Gasteiger partial charge in [-0.05, 0) is 147 Å². The normalized spacial score (nSPS) is 11.7. The Kier molecular flexibility index (Phi) is 9.25. The summed E-state index contributed by atoms with van der Waals surface area (Å²) in [5.41, 5.74) is 16.3. The molecule has 0 amide bonds. The van der Waals surface area contributed by atoms with E-state index in [2.05, 4.69) is 276 Å². The third kappa shape index (κ3) is 6.35. The molecule has 70 heavy (non-hydrogen) atoms. The minimum Gasteiger partial charge on any atom is -0.309 e. The molecule has 0 saturated carbocycles. The van der Waals surface area contributed by atoms with Gasteiger partial charge in [0.2, 0.25) is 0 Å². The van der Waals surface area contributed by atoms with E-state index >= 15 is 0 Å². The van der Waals surface area contributed by atoms with Gasteiger partial charge < -0.3 is 9.13 Å². The van der Waals surface area contributed by atoms with Crippen molar-refractivity contribution < 1.29 is 0 Å². The van der Waals surface area contributed by atoms with E-state index < -0.39 is 0 Å². The fourth-order valence-corrected chi connectivity index (χ4v) is 11.4. The van der Waals surface area contributed by atoms with E-state index in [0.29, 0.717) is 0 Å². The monoisotopic (exact) mass is 888 g/mol. The van der Waals surface area contributed by atoms with E-state index in [1.165, 1.54) is 98.4 Å². The number of rotatable bonds is 8. The van der Waals surface area contributed by atoms with E-state index in [0.717, 1.165) is 34.2 Å². The van der Waals surface area contributed by atoms with Crippen LogP contribution in [0.1, 0.15) is 0 Å². The first-order chi connectivity index (χ1) is 34.7. The van der Waals surface area contributed by atoms with Crippen LogP contribution in [0.4, 0.5) is 0 Å². The smallest absolute Gasteiger partial charge is 0.0535 e. The van der Waals surface area contributed by atoms with Gasteiger partial charge >= 0.3 is 0 Å². The van der Waals surface area contributed by atoms with Crippen LogP contribution in [-0.4, -0.2) is 9.13 Å². The highest BCUT2D eigenvalue weighted by Crippen LogP contribution is 2.49. The Bertz CT molecular complexity index is 4110. The zero-order valence-corrected chi connectivity index (χ0v) is 38.3. The molecule has 0 spiro atoms. The lowest BCUT2D eigenvalue weighted by Gasteiger charge is -2.23. The van der Waals surface area contributed by atoms with Crippen LogP contribution >= 0.6 is 0 Å². The second kappa shape index (κ2) is 16.2. The van der Waals surface area contributed by atoms with Crippen molar-refractivity contribution >= 4 is 53.9 Å². The summed E-state index contributed by atoms with van der Waals surface area (Å²) < 4.78 is 4.90. The van der Waals surface area contributed by atoms with Crippen molar-refractivity contribution in [3.63, 3.8) is 0 Å². The Balaban J connectivity index is 1.13. The lowest BCUT2D eigenvalue weighted by atomic mass is 9.83. The van der Waals surface area contributed by atoms with Gasteiger partial charge in [-0.15, -0.1) is 0 Å². The highest BCUT2D eigenvalue weighted by molar-refractivity contribution is 6.29. The zero-order valence-electron chi connectivity index (χ0n) is 38.3. The highest BCUT2D eigenvalue weighted by atomic mass is 15.0. The van der Waals surface area contributed by atoms with Crippen molar-refractivity contribution in [2.45, 2.75) is 0 Å². The van der Waals surface area contributed by atoms with Gasteiger partial charge in [0.05, 0.1) is 22.8 Å². The van der Waals surface area contributed by atoms with Crippen molar-refractivity contribution in [3.05, 3.63) is 267 Å². The number of fused-ring (bicyclic) bond motifs is 2. The van der Waals surface area contributed by atoms with Gasteiger partial charge in [-0.3, -0.25) is 0 Å². The molecule has 14 aromatic rings. The summed E-state index contributed by atoms with van der Waals surface area (Å²) in [6.45, 7) is 0. The Morgan fingerprint density at radius 1 is 0.214 bits per heavy atom. The summed E-state index contributed by atoms with van der Waals surface area (Å²) in [5, 5.41) is 12.5. The molecule has 0 fully saturated rings. The molecular formula is C68H44N2. The zero-order chi connectivity index (χ0) is 46.1. The average Bonchev–Trinajstić information content (AvgIpc) is 4.09. The quantitative estimate of drug-likeness (QED) is 0.106. The molecule has 2 heteroatoms. The summed E-state index contributed by atoms with van der Waals surface area (Å²) in [7, 11) is 0. The van der Waals surface area contributed by atoms with Crippen molar-refractivity contribution in [1.29, 1.82) is 0 Å². The number of hydrogen-bond donors (Lipinski definition) is 0. The standard InChI is InChI=1S/C68H44N2/c1-6-17-45(18-7-1)61-39-40-62(46-19-8-2-9-20-46)69(61)53-34-38-58-59(43-53)66(49-25-14-5-15-26-49)57-37-33-54(70-63(47-21-10-3-11-22-47)41-42-64(70)48-23-12-4-13-24-48)44-60(57)68(58)56-36-32-52-30-29-50-27-16-28-51-31-35-55(56)67(52)65(50)51/h1-44H. The molecule has 0 atom stereocenters. The van der Waals surface area contributed by atoms with E-state index in [1.54, 1.807) is 0 Å². The second-order valence-electron chi connectivity index (χ2n) is 18.4. The van der Waals surface area contributed by atoms with Crippen LogP contribution in [0.25, 0.3) is 133 Å². The van der Waals surface area contributed by atoms with Crippen LogP contribution in [0.5, 0.6) is 0 Å². The molecule has 0 N–H and O–H groups in total. The maximum Gasteiger partial charge on any atom is 0.0535 e. The van der Waals surface area contributed by atoms with Crippen LogP contribution in [0.3, 0.4) is 0 Å². The highest BCUT2D eigenvalue weighted by Gasteiger charge is 2.24. The first-order valence-electron chi connectivity index (χ1n) is 24.2. The van der Waals surface area contributed by atoms with Crippen LogP contribution in [-0.2, 0) is 0 Å². The molecule has 326 valence electrons. The molecule has 0 aliphatic rings. The fraction of sp³-hybridized carbons (Fsp3) is 0. The lowest BCUT2D eigenvalue weighted by molar-refractivity contribution is 1.10. The number of nitrogens with zero attached hydrogens (tertiary/aromatic N) is 2. The minimum absolute atomic E-state index is 1.11. The van der Waals surface area contributed by atoms with E-state index in [4.69, 9.17) is 0 Å². The molecule has 0 aliphatic heterocycles. The largest absolute Gasteiger partial charge is 0.309 e. The first-order valence-corrected chi connectivity index (χ1v) is 24.2. The van der Waals surface area contributed by atoms with E-state index in [1.807, 2.05) is 0 Å². The van der Waals surface area contributed by atoms with Gasteiger partial charge in [-0.1, -0.05) is 218 Å². The Labute approximate surface area is 406 Å². The van der Waals surface area contributed by atoms with Gasteiger partial charge in [-0.25, -0.2) is 0 Å². The van der Waals surface area contributed by atoms with Crippen molar-refractivity contribution in [3.8, 4) is 78.7 Å². The molecule has 0 bridgehead atoms. The summed E-state index contributed by atoms with van der Waals surface area (Å²) in [6.07, 6.45) is 0. The molecule has 12 aromatic carbocycles. The number of benzene rings is 12. The van der Waals surface area contributed by atoms with E-state index in [9.17, 15) is 0 Å². The third-order valence-electron chi connectivity index (χ3n) is 14.5. The van der Waals surface area contributed by atoms with E-state index in [-0.39, 0.29) is 0 Å². The predicted octanol–water partition coefficient (Wildman–Crippen LogP) is 18.5. The predicted molar refractivity (Wildman–Crippen MR) is 296 cm³/mol. The maximum atomic E-state index is 2.47. The Morgan fingerprint density at radius 2 is 0.571 bits per heavy atom. The molecule has 0 unspecified atom stereocenters. The van der Waals surface area contributed by atoms with Crippen molar-refractivity contribution in [2.75, 3.05) is 0 Å². The fourth-order valence-electron chi connectivity index (χ4n) is 11.4. The number of aromatic nitrogens is 2. The molecule has 0 radical (unpaired) electrons.